The van der Waals surface area contributed by atoms with E-state index in [1.807, 2.05) is 0 Å². The third-order valence-electron chi connectivity index (χ3n) is 5.23. The van der Waals surface area contributed by atoms with Crippen molar-refractivity contribution in [2.75, 3.05) is 28.1 Å². The van der Waals surface area contributed by atoms with Crippen molar-refractivity contribution < 1.29 is 48.5 Å². The molecule has 0 amide bonds. The number of methoxy groups -OCH3 is 3. The number of benzene rings is 1. The lowest BCUT2D eigenvalue weighted by Crippen LogP contribution is -2.34. The van der Waals surface area contributed by atoms with Crippen LogP contribution >= 0.6 is 0 Å². The molecule has 10 heteroatoms. The molecule has 10 nitrogen and oxygen atoms in total. The van der Waals surface area contributed by atoms with E-state index in [9.17, 15) is 20.1 Å². The second-order valence-electron chi connectivity index (χ2n) is 8.54. The maximum absolute atomic E-state index is 12.1. The van der Waals surface area contributed by atoms with Gasteiger partial charge in [-0.1, -0.05) is 24.3 Å². The summed E-state index contributed by atoms with van der Waals surface area (Å²) in [5.74, 6) is -1.70. The predicted molar refractivity (Wildman–Crippen MR) is 128 cm³/mol. The lowest BCUT2D eigenvalue weighted by atomic mass is 10.0. The van der Waals surface area contributed by atoms with E-state index in [2.05, 4.69) is 0 Å². The van der Waals surface area contributed by atoms with Crippen molar-refractivity contribution in [3.05, 3.63) is 35.4 Å². The predicted octanol–water partition coefficient (Wildman–Crippen LogP) is 3.00. The zero-order valence-electron chi connectivity index (χ0n) is 21.0. The number of aromatic carboxylic acids is 1. The molecule has 1 heterocycles. The third kappa shape index (κ3) is 7.68. The van der Waals surface area contributed by atoms with Gasteiger partial charge in [0.05, 0.1) is 26.4 Å². The number of carboxylic acids is 1. The molecule has 1 fully saturated rings. The number of hydrogen-bond acceptors (Lipinski definition) is 9. The van der Waals surface area contributed by atoms with E-state index in [4.69, 9.17) is 28.4 Å². The maximum atomic E-state index is 12.1. The number of ether oxygens (including phenoxy) is 6. The number of aliphatic hydroxyl groups excluding tert-OH is 2. The summed E-state index contributed by atoms with van der Waals surface area (Å²) in [6.45, 7) is 4.99. The maximum Gasteiger partial charge on any atom is 0.340 e. The Morgan fingerprint density at radius 2 is 1.86 bits per heavy atom. The minimum absolute atomic E-state index is 0.0148. The fourth-order valence-electron chi connectivity index (χ4n) is 3.78. The minimum Gasteiger partial charge on any atom is -0.493 e. The lowest BCUT2D eigenvalue weighted by molar-refractivity contribution is -0.152. The van der Waals surface area contributed by atoms with E-state index >= 15 is 0 Å². The molecule has 0 saturated carbocycles. The molecule has 4 atom stereocenters. The SMILES string of the molecule is COCOc1c(OC)c(OC)cc(C=CC[C@@H]2OC(C)(C)O[C@@H]2C(O)C=CC[C@H](C)O)c1C(=O)O. The van der Waals surface area contributed by atoms with Crippen LogP contribution in [-0.4, -0.2) is 79.6 Å². The van der Waals surface area contributed by atoms with Crippen LogP contribution in [0.25, 0.3) is 6.08 Å². The van der Waals surface area contributed by atoms with Crippen molar-refractivity contribution in [2.45, 2.75) is 63.8 Å². The smallest absolute Gasteiger partial charge is 0.340 e. The first-order valence-electron chi connectivity index (χ1n) is 11.2. The Bertz CT molecular complexity index is 906. The molecule has 0 aliphatic carbocycles. The van der Waals surface area contributed by atoms with Crippen LogP contribution in [0.1, 0.15) is 49.5 Å². The first-order valence-corrected chi connectivity index (χ1v) is 11.2. The van der Waals surface area contributed by atoms with Crippen LogP contribution in [0.2, 0.25) is 0 Å². The highest BCUT2D eigenvalue weighted by molar-refractivity contribution is 5.97. The number of aliphatic hydroxyl groups is 2. The molecule has 2 rings (SSSR count). The van der Waals surface area contributed by atoms with Crippen LogP contribution in [0.5, 0.6) is 17.2 Å². The average Bonchev–Trinajstić information content (AvgIpc) is 3.10. The Labute approximate surface area is 205 Å². The van der Waals surface area contributed by atoms with Crippen LogP contribution in [-0.2, 0) is 14.2 Å². The fourth-order valence-corrected chi connectivity index (χ4v) is 3.78. The number of carbonyl (C=O) groups is 1. The molecule has 0 spiro atoms. The standard InChI is InChI=1S/C25H36O10/c1-15(26)9-7-11-17(27)21-18(34-25(2,3)35-21)12-8-10-16-13-19(31-5)22(32-6)23(33-14-30-4)20(16)24(28)29/h7-8,10-11,13,15,17-18,21,26-27H,9,12,14H2,1-6H3,(H,28,29)/t15-,17?,18-,21+/m0/s1. The van der Waals surface area contributed by atoms with Crippen LogP contribution in [0.4, 0.5) is 0 Å². The summed E-state index contributed by atoms with van der Waals surface area (Å²) in [6.07, 6.45) is 4.76. The highest BCUT2D eigenvalue weighted by Gasteiger charge is 2.43. The van der Waals surface area contributed by atoms with Gasteiger partial charge in [0.15, 0.2) is 24.1 Å². The highest BCUT2D eigenvalue weighted by Crippen LogP contribution is 2.43. The van der Waals surface area contributed by atoms with E-state index < -0.39 is 36.2 Å². The van der Waals surface area contributed by atoms with Gasteiger partial charge in [0.1, 0.15) is 17.8 Å². The fraction of sp³-hybridized carbons (Fsp3) is 0.560. The molecular weight excluding hydrogens is 460 g/mol. The molecular formula is C25H36O10. The monoisotopic (exact) mass is 496 g/mol. The zero-order valence-corrected chi connectivity index (χ0v) is 21.0. The van der Waals surface area contributed by atoms with Crippen LogP contribution in [0.3, 0.4) is 0 Å². The van der Waals surface area contributed by atoms with Gasteiger partial charge in [0, 0.05) is 7.11 Å². The van der Waals surface area contributed by atoms with Crippen LogP contribution in [0.15, 0.2) is 24.3 Å². The molecule has 1 unspecified atom stereocenters. The van der Waals surface area contributed by atoms with Crippen molar-refractivity contribution in [3.63, 3.8) is 0 Å². The topological polar surface area (TPSA) is 133 Å². The molecule has 0 aromatic heterocycles. The Kier molecular flexibility index (Phi) is 10.5. The molecule has 0 bridgehead atoms. The van der Waals surface area contributed by atoms with Crippen molar-refractivity contribution >= 4 is 12.0 Å². The Hall–Kier alpha value is -2.63. The van der Waals surface area contributed by atoms with Gasteiger partial charge in [-0.25, -0.2) is 4.79 Å². The van der Waals surface area contributed by atoms with Crippen molar-refractivity contribution in [1.29, 1.82) is 0 Å². The Morgan fingerprint density at radius 1 is 1.14 bits per heavy atom. The van der Waals surface area contributed by atoms with E-state index in [-0.39, 0.29) is 23.9 Å². The van der Waals surface area contributed by atoms with E-state index in [1.54, 1.807) is 51.1 Å². The van der Waals surface area contributed by atoms with Gasteiger partial charge < -0.3 is 43.7 Å². The van der Waals surface area contributed by atoms with Crippen molar-refractivity contribution in [1.82, 2.24) is 0 Å². The van der Waals surface area contributed by atoms with Gasteiger partial charge in [-0.15, -0.1) is 0 Å². The van der Waals surface area contributed by atoms with Gasteiger partial charge in [0.25, 0.3) is 0 Å². The van der Waals surface area contributed by atoms with Crippen LogP contribution in [0, 0.1) is 0 Å². The number of hydrogen-bond donors (Lipinski definition) is 3. The largest absolute Gasteiger partial charge is 0.493 e. The molecule has 35 heavy (non-hydrogen) atoms. The molecule has 196 valence electrons. The zero-order chi connectivity index (χ0) is 26.2. The molecule has 0 radical (unpaired) electrons. The second kappa shape index (κ2) is 12.9. The van der Waals surface area contributed by atoms with Gasteiger partial charge in [-0.3, -0.25) is 0 Å². The summed E-state index contributed by atoms with van der Waals surface area (Å²) in [4.78, 5) is 12.1. The van der Waals surface area contributed by atoms with Gasteiger partial charge in [0.2, 0.25) is 5.75 Å². The molecule has 3 N–H and O–H groups in total. The molecule has 1 aromatic rings. The third-order valence-corrected chi connectivity index (χ3v) is 5.23. The number of rotatable bonds is 13. The van der Waals surface area contributed by atoms with Crippen LogP contribution < -0.4 is 14.2 Å². The Balaban J connectivity index is 2.33. The number of carboxylic acid groups (broad SMARTS) is 1. The molecule has 1 aromatic carbocycles. The van der Waals surface area contributed by atoms with E-state index in [0.29, 0.717) is 24.2 Å². The summed E-state index contributed by atoms with van der Waals surface area (Å²) in [7, 11) is 4.25. The summed E-state index contributed by atoms with van der Waals surface area (Å²) in [6, 6.07) is 1.54. The Morgan fingerprint density at radius 3 is 2.43 bits per heavy atom. The molecule has 1 aliphatic heterocycles. The first-order chi connectivity index (χ1) is 16.5. The van der Waals surface area contributed by atoms with Gasteiger partial charge in [-0.2, -0.15) is 0 Å². The second-order valence-corrected chi connectivity index (χ2v) is 8.54. The summed E-state index contributed by atoms with van der Waals surface area (Å²) in [5.41, 5.74) is 0.214. The van der Waals surface area contributed by atoms with Crippen molar-refractivity contribution in [3.8, 4) is 17.2 Å². The summed E-state index contributed by atoms with van der Waals surface area (Å²) < 4.78 is 33.0. The molecule has 1 aliphatic rings. The average molecular weight is 497 g/mol. The summed E-state index contributed by atoms with van der Waals surface area (Å²) >= 11 is 0. The lowest BCUT2D eigenvalue weighted by Gasteiger charge is -2.20. The normalized spacial score (nSPS) is 21.4. The highest BCUT2D eigenvalue weighted by atomic mass is 16.8. The quantitative estimate of drug-likeness (QED) is 0.276. The van der Waals surface area contributed by atoms with Gasteiger partial charge in [-0.05, 0) is 45.2 Å². The molecule has 1 saturated heterocycles. The van der Waals surface area contributed by atoms with E-state index in [1.165, 1.54) is 21.3 Å². The summed E-state index contributed by atoms with van der Waals surface area (Å²) in [5, 5.41) is 29.9. The van der Waals surface area contributed by atoms with Gasteiger partial charge >= 0.3 is 5.97 Å². The van der Waals surface area contributed by atoms with E-state index in [0.717, 1.165) is 0 Å². The first kappa shape index (κ1) is 28.6. The minimum atomic E-state index is -1.21. The van der Waals surface area contributed by atoms with Crippen molar-refractivity contribution in [2.24, 2.45) is 0 Å².